The van der Waals surface area contributed by atoms with Crippen LogP contribution in [-0.2, 0) is 14.3 Å². The van der Waals surface area contributed by atoms with E-state index < -0.39 is 24.0 Å². The number of aliphatic carboxylic acids is 2. The number of rotatable bonds is 11. The van der Waals surface area contributed by atoms with E-state index in [1.807, 2.05) is 6.92 Å². The Hall–Kier alpha value is -1.83. The lowest BCUT2D eigenvalue weighted by atomic mass is 10.1. The van der Waals surface area contributed by atoms with Gasteiger partial charge in [-0.3, -0.25) is 4.79 Å². The summed E-state index contributed by atoms with van der Waals surface area (Å²) in [6, 6.07) is -1.66. The van der Waals surface area contributed by atoms with E-state index in [1.165, 1.54) is 0 Å². The highest BCUT2D eigenvalue weighted by molar-refractivity contribution is 5.82. The van der Waals surface area contributed by atoms with Crippen LogP contribution in [0.5, 0.6) is 0 Å². The van der Waals surface area contributed by atoms with E-state index in [1.54, 1.807) is 0 Å². The van der Waals surface area contributed by atoms with Crippen LogP contribution in [-0.4, -0.2) is 54.0 Å². The second-order valence-corrected chi connectivity index (χ2v) is 4.13. The van der Waals surface area contributed by atoms with Gasteiger partial charge >= 0.3 is 18.0 Å². The van der Waals surface area contributed by atoms with Gasteiger partial charge in [-0.1, -0.05) is 0 Å². The van der Waals surface area contributed by atoms with Gasteiger partial charge in [-0.15, -0.1) is 0 Å². The van der Waals surface area contributed by atoms with Crippen LogP contribution in [0.15, 0.2) is 0 Å². The van der Waals surface area contributed by atoms with Crippen LogP contribution >= 0.6 is 0 Å². The Balaban J connectivity index is 3.89. The number of nitrogens with one attached hydrogen (secondary N) is 2. The van der Waals surface area contributed by atoms with Crippen LogP contribution in [0.1, 0.15) is 32.6 Å². The van der Waals surface area contributed by atoms with E-state index in [9.17, 15) is 14.4 Å². The van der Waals surface area contributed by atoms with Crippen molar-refractivity contribution in [3.05, 3.63) is 0 Å². The fourth-order valence-electron chi connectivity index (χ4n) is 1.44. The van der Waals surface area contributed by atoms with Gasteiger partial charge in [0.05, 0.1) is 0 Å². The van der Waals surface area contributed by atoms with E-state index in [0.29, 0.717) is 26.2 Å². The zero-order chi connectivity index (χ0) is 15.4. The maximum Gasteiger partial charge on any atom is 0.326 e. The Morgan fingerprint density at radius 1 is 1.20 bits per heavy atom. The van der Waals surface area contributed by atoms with Gasteiger partial charge in [0.15, 0.2) is 0 Å². The summed E-state index contributed by atoms with van der Waals surface area (Å²) in [5.41, 5.74) is 0. The monoisotopic (exact) mass is 290 g/mol. The summed E-state index contributed by atoms with van der Waals surface area (Å²) in [6.45, 7) is 3.39. The van der Waals surface area contributed by atoms with Crippen molar-refractivity contribution < 1.29 is 29.3 Å². The molecule has 0 saturated heterocycles. The van der Waals surface area contributed by atoms with E-state index in [2.05, 4.69) is 10.6 Å². The number of hydrogen-bond donors (Lipinski definition) is 4. The zero-order valence-electron chi connectivity index (χ0n) is 11.6. The lowest BCUT2D eigenvalue weighted by Gasteiger charge is -2.14. The molecule has 20 heavy (non-hydrogen) atoms. The summed E-state index contributed by atoms with van der Waals surface area (Å²) >= 11 is 0. The molecule has 8 heteroatoms. The number of hydrogen-bond acceptors (Lipinski definition) is 4. The van der Waals surface area contributed by atoms with Crippen molar-refractivity contribution in [2.24, 2.45) is 0 Å². The Labute approximate surface area is 117 Å². The molecule has 0 spiro atoms. The first-order chi connectivity index (χ1) is 9.47. The molecule has 2 amide bonds. The van der Waals surface area contributed by atoms with Gasteiger partial charge in [-0.2, -0.15) is 0 Å². The number of carbonyl (C=O) groups excluding carboxylic acids is 1. The molecule has 0 fully saturated rings. The van der Waals surface area contributed by atoms with Crippen molar-refractivity contribution in [1.29, 1.82) is 0 Å². The second-order valence-electron chi connectivity index (χ2n) is 4.13. The first kappa shape index (κ1) is 18.2. The quantitative estimate of drug-likeness (QED) is 0.409. The van der Waals surface area contributed by atoms with E-state index in [0.717, 1.165) is 0 Å². The third-order valence-electron chi connectivity index (χ3n) is 2.44. The molecular weight excluding hydrogens is 268 g/mol. The summed E-state index contributed by atoms with van der Waals surface area (Å²) in [5.74, 6) is -2.17. The summed E-state index contributed by atoms with van der Waals surface area (Å²) in [5, 5.41) is 22.2. The van der Waals surface area contributed by atoms with Gasteiger partial charge in [0.2, 0.25) is 0 Å². The third-order valence-corrected chi connectivity index (χ3v) is 2.44. The molecule has 0 bridgehead atoms. The van der Waals surface area contributed by atoms with Crippen LogP contribution < -0.4 is 10.6 Å². The smallest absolute Gasteiger partial charge is 0.326 e. The highest BCUT2D eigenvalue weighted by atomic mass is 16.5. The van der Waals surface area contributed by atoms with Gasteiger partial charge < -0.3 is 25.6 Å². The van der Waals surface area contributed by atoms with Gasteiger partial charge in [-0.25, -0.2) is 9.59 Å². The number of ether oxygens (including phenoxy) is 1. The second kappa shape index (κ2) is 11.0. The number of carboxylic acids is 2. The molecule has 0 aliphatic heterocycles. The molecule has 0 aliphatic carbocycles. The van der Waals surface area contributed by atoms with Gasteiger partial charge in [0.25, 0.3) is 0 Å². The summed E-state index contributed by atoms with van der Waals surface area (Å²) < 4.78 is 5.09. The molecule has 0 heterocycles. The number of carbonyl (C=O) groups is 3. The van der Waals surface area contributed by atoms with Crippen molar-refractivity contribution in [2.45, 2.75) is 38.6 Å². The number of amides is 2. The van der Waals surface area contributed by atoms with Crippen LogP contribution in [0, 0.1) is 0 Å². The maximum atomic E-state index is 11.4. The molecule has 0 aromatic heterocycles. The van der Waals surface area contributed by atoms with Crippen molar-refractivity contribution >= 4 is 18.0 Å². The molecule has 0 saturated carbocycles. The largest absolute Gasteiger partial charge is 0.481 e. The molecule has 4 N–H and O–H groups in total. The van der Waals surface area contributed by atoms with Gasteiger partial charge in [-0.05, 0) is 26.2 Å². The summed E-state index contributed by atoms with van der Waals surface area (Å²) in [6.07, 6.45) is 0.782. The fourth-order valence-corrected chi connectivity index (χ4v) is 1.44. The zero-order valence-corrected chi connectivity index (χ0v) is 11.6. The molecule has 0 aromatic rings. The molecule has 0 unspecified atom stereocenters. The summed E-state index contributed by atoms with van der Waals surface area (Å²) in [4.78, 5) is 32.7. The molecule has 1 atom stereocenters. The molecule has 8 nitrogen and oxygen atoms in total. The first-order valence-corrected chi connectivity index (χ1v) is 6.54. The fraction of sp³-hybridized carbons (Fsp3) is 0.750. The van der Waals surface area contributed by atoms with Crippen molar-refractivity contribution in [3.63, 3.8) is 0 Å². The molecular formula is C12H22N2O6. The highest BCUT2D eigenvalue weighted by Crippen LogP contribution is 2.01. The molecule has 0 rings (SSSR count). The predicted octanol–water partition coefficient (Wildman–Crippen LogP) is 0.420. The topological polar surface area (TPSA) is 125 Å². The van der Waals surface area contributed by atoms with Gasteiger partial charge in [0, 0.05) is 26.2 Å². The Bertz CT molecular complexity index is 321. The minimum Gasteiger partial charge on any atom is -0.481 e. The van der Waals surface area contributed by atoms with Crippen LogP contribution in [0.3, 0.4) is 0 Å². The van der Waals surface area contributed by atoms with Crippen LogP contribution in [0.2, 0.25) is 0 Å². The van der Waals surface area contributed by atoms with Gasteiger partial charge in [0.1, 0.15) is 6.04 Å². The average Bonchev–Trinajstić information content (AvgIpc) is 2.36. The van der Waals surface area contributed by atoms with Crippen molar-refractivity contribution in [1.82, 2.24) is 10.6 Å². The van der Waals surface area contributed by atoms with Crippen molar-refractivity contribution in [2.75, 3.05) is 19.8 Å². The molecule has 0 aromatic carbocycles. The van der Waals surface area contributed by atoms with Crippen LogP contribution in [0.4, 0.5) is 4.79 Å². The standard InChI is InChI=1S/C12H22N2O6/c1-2-20-8-4-7-13-12(19)14-9(11(17)18)5-3-6-10(15)16/h9H,2-8H2,1H3,(H,15,16)(H,17,18)(H2,13,14,19)/t9-/m1/s1. The van der Waals surface area contributed by atoms with E-state index in [-0.39, 0.29) is 19.3 Å². The lowest BCUT2D eigenvalue weighted by molar-refractivity contribution is -0.140. The summed E-state index contributed by atoms with van der Waals surface area (Å²) in [7, 11) is 0. The number of carboxylic acid groups (broad SMARTS) is 2. The normalized spacial score (nSPS) is 11.7. The minimum atomic E-state index is -1.18. The lowest BCUT2D eigenvalue weighted by Crippen LogP contribution is -2.46. The molecule has 116 valence electrons. The Morgan fingerprint density at radius 2 is 1.90 bits per heavy atom. The minimum absolute atomic E-state index is 0.0774. The van der Waals surface area contributed by atoms with E-state index in [4.69, 9.17) is 14.9 Å². The van der Waals surface area contributed by atoms with Crippen molar-refractivity contribution in [3.8, 4) is 0 Å². The maximum absolute atomic E-state index is 11.4. The average molecular weight is 290 g/mol. The van der Waals surface area contributed by atoms with E-state index >= 15 is 0 Å². The Morgan fingerprint density at radius 3 is 2.45 bits per heavy atom. The first-order valence-electron chi connectivity index (χ1n) is 6.54. The number of urea groups is 1. The molecule has 0 radical (unpaired) electrons. The SMILES string of the molecule is CCOCCCNC(=O)N[C@H](CCCC(=O)O)C(=O)O. The highest BCUT2D eigenvalue weighted by Gasteiger charge is 2.19. The predicted molar refractivity (Wildman–Crippen MR) is 70.6 cm³/mol. The van der Waals surface area contributed by atoms with Crippen LogP contribution in [0.25, 0.3) is 0 Å². The third kappa shape index (κ3) is 10.1. The Kier molecular flexibility index (Phi) is 10.0. The molecule has 0 aliphatic rings.